The normalized spacial score (nSPS) is 12.6. The monoisotopic (exact) mass is 1130 g/mol. The van der Waals surface area contributed by atoms with Gasteiger partial charge < -0.3 is 14.2 Å². The van der Waals surface area contributed by atoms with Gasteiger partial charge in [-0.2, -0.15) is 0 Å². The summed E-state index contributed by atoms with van der Waals surface area (Å²) < 4.78 is 7.98. The highest BCUT2D eigenvalue weighted by Gasteiger charge is 2.56. The molecule has 0 aromatic heterocycles. The van der Waals surface area contributed by atoms with Crippen molar-refractivity contribution in [2.75, 3.05) is 14.2 Å². The summed E-state index contributed by atoms with van der Waals surface area (Å²) >= 11 is 0. The molecule has 0 amide bonds. The maximum atomic E-state index is 2.67. The van der Waals surface area contributed by atoms with Gasteiger partial charge in [0.1, 0.15) is 0 Å². The molecule has 0 radical (unpaired) electrons. The summed E-state index contributed by atoms with van der Waals surface area (Å²) in [6.07, 6.45) is 0. The van der Waals surface area contributed by atoms with Crippen LogP contribution in [0, 0.1) is 0 Å². The molecule has 1 fully saturated rings. The second kappa shape index (κ2) is 24.4. The van der Waals surface area contributed by atoms with Crippen molar-refractivity contribution >= 4 is 54.4 Å². The van der Waals surface area contributed by atoms with Crippen LogP contribution < -0.4 is 30.6 Å². The summed E-state index contributed by atoms with van der Waals surface area (Å²) in [6, 6.07) is 128. The zero-order valence-corrected chi connectivity index (χ0v) is 50.0. The number of rotatable bonds is 13. The van der Waals surface area contributed by atoms with Crippen molar-refractivity contribution in [3.8, 4) is 77.9 Å². The Labute approximate surface area is 520 Å². The molecule has 0 saturated carbocycles. The molecule has 6 heteroatoms. The van der Waals surface area contributed by atoms with E-state index in [1.165, 1.54) is 60.9 Å². The molecular formula is C82H66B3N3. The topological polar surface area (TPSA) is 9.72 Å². The number of benzene rings is 13. The first-order valence-electron chi connectivity index (χ1n) is 30.8. The van der Waals surface area contributed by atoms with E-state index in [1.807, 2.05) is 0 Å². The standard InChI is InChI=1S/C82H66B3N3/c1-82(2,3)75-58-57-70(85-87(72-53-30-12-31-54-72)83(68-47-24-9-25-48-68)86(71-51-28-11-29-52-71)84(69-49-26-10-27-50-69)88(85)73-55-32-13-33-56-73)60-74(75)66-45-34-46-67(59-66)81-79(64-41-20-7-21-42-64)77(62-37-16-5-17-38-62)76(61-35-14-4-15-36-61)78(63-39-18-6-19-40-63)80(81)65-43-22-8-23-44-65/h4-60H,1-3H3. The summed E-state index contributed by atoms with van der Waals surface area (Å²) in [7, 11) is 0. The third kappa shape index (κ3) is 10.6. The first kappa shape index (κ1) is 55.3. The van der Waals surface area contributed by atoms with E-state index in [0.717, 1.165) is 56.0 Å². The first-order chi connectivity index (χ1) is 43.4. The van der Waals surface area contributed by atoms with Crippen LogP contribution in [0.1, 0.15) is 26.3 Å². The molecule has 0 unspecified atom stereocenters. The van der Waals surface area contributed by atoms with Crippen LogP contribution in [0.3, 0.4) is 0 Å². The van der Waals surface area contributed by atoms with Gasteiger partial charge >= 0.3 is 20.9 Å². The number of nitrogens with zero attached hydrogens (tertiary/aromatic N) is 3. The van der Waals surface area contributed by atoms with Crippen molar-refractivity contribution in [1.82, 2.24) is 0 Å². The molecule has 0 bridgehead atoms. The van der Waals surface area contributed by atoms with Gasteiger partial charge in [-0.15, -0.1) is 0 Å². The van der Waals surface area contributed by atoms with Crippen molar-refractivity contribution in [1.29, 1.82) is 0 Å². The van der Waals surface area contributed by atoms with Crippen LogP contribution in [0.15, 0.2) is 346 Å². The summed E-state index contributed by atoms with van der Waals surface area (Å²) in [5.41, 5.74) is 24.3. The highest BCUT2D eigenvalue weighted by Crippen LogP contribution is 2.56. The zero-order valence-electron chi connectivity index (χ0n) is 50.0. The molecule has 13 aromatic carbocycles. The molecule has 88 heavy (non-hydrogen) atoms. The fraction of sp³-hybridized carbons (Fsp3) is 0.0488. The number of para-hydroxylation sites is 3. The lowest BCUT2D eigenvalue weighted by Crippen LogP contribution is -2.86. The minimum Gasteiger partial charge on any atom is -0.416 e. The fourth-order valence-corrected chi connectivity index (χ4v) is 13.6. The van der Waals surface area contributed by atoms with Crippen molar-refractivity contribution in [3.05, 3.63) is 351 Å². The summed E-state index contributed by atoms with van der Waals surface area (Å²) in [5, 5.41) is 0. The predicted molar refractivity (Wildman–Crippen MR) is 379 cm³/mol. The van der Waals surface area contributed by atoms with E-state index in [0.29, 0.717) is 0 Å². The van der Waals surface area contributed by atoms with Crippen LogP contribution >= 0.6 is 0 Å². The number of anilines is 3. The van der Waals surface area contributed by atoms with E-state index in [-0.39, 0.29) is 26.4 Å². The summed E-state index contributed by atoms with van der Waals surface area (Å²) in [6.45, 7) is 6.22. The zero-order chi connectivity index (χ0) is 59.4. The average molecular weight is 1130 g/mol. The summed E-state index contributed by atoms with van der Waals surface area (Å²) in [5.74, 6) is 0. The van der Waals surface area contributed by atoms with Crippen LogP contribution in [-0.2, 0) is 5.41 Å². The van der Waals surface area contributed by atoms with Gasteiger partial charge in [0, 0.05) is 17.1 Å². The van der Waals surface area contributed by atoms with Gasteiger partial charge in [-0.25, -0.2) is 0 Å². The van der Waals surface area contributed by atoms with E-state index in [9.17, 15) is 0 Å². The van der Waals surface area contributed by atoms with Crippen LogP contribution in [0.2, 0.25) is 0 Å². The predicted octanol–water partition coefficient (Wildman–Crippen LogP) is 18.7. The lowest BCUT2D eigenvalue weighted by atomic mass is 9.37. The Kier molecular flexibility index (Phi) is 15.4. The smallest absolute Gasteiger partial charge is 0.388 e. The first-order valence-corrected chi connectivity index (χ1v) is 30.8. The Morgan fingerprint density at radius 2 is 0.466 bits per heavy atom. The molecule has 1 aliphatic heterocycles. The van der Waals surface area contributed by atoms with Gasteiger partial charge in [-0.1, -0.05) is 324 Å². The Balaban J connectivity index is 1.08. The molecule has 14 rings (SSSR count). The van der Waals surface area contributed by atoms with E-state index in [2.05, 4.69) is 381 Å². The lowest BCUT2D eigenvalue weighted by molar-refractivity contribution is 0.592. The molecule has 1 heterocycles. The lowest BCUT2D eigenvalue weighted by Gasteiger charge is -2.57. The molecule has 3 nitrogen and oxygen atoms in total. The van der Waals surface area contributed by atoms with Gasteiger partial charge in [-0.3, -0.25) is 0 Å². The van der Waals surface area contributed by atoms with Gasteiger partial charge in [0.05, 0.1) is 0 Å². The van der Waals surface area contributed by atoms with Crippen LogP contribution in [-0.4, -0.2) is 20.9 Å². The Morgan fingerprint density at radius 3 is 0.773 bits per heavy atom. The number of hydrogen-bond donors (Lipinski definition) is 0. The van der Waals surface area contributed by atoms with Gasteiger partial charge in [0.15, 0.2) is 0 Å². The fourth-order valence-electron chi connectivity index (χ4n) is 13.6. The van der Waals surface area contributed by atoms with Gasteiger partial charge in [0.2, 0.25) is 0 Å². The van der Waals surface area contributed by atoms with E-state index in [1.54, 1.807) is 0 Å². The Hall–Kier alpha value is -10.5. The molecule has 1 saturated heterocycles. The quantitative estimate of drug-likeness (QED) is 0.107. The van der Waals surface area contributed by atoms with E-state index >= 15 is 0 Å². The molecule has 13 aromatic rings. The minimum atomic E-state index is -0.335. The SMILES string of the molecule is CC(C)(C)c1ccc(B2N(c3ccccc3)B(c3ccccc3)N(c3ccccc3)B(c3ccccc3)N2c2ccccc2)cc1-c1cccc(-c2c(-c3ccccc3)c(-c3ccccc3)c(-c3ccccc3)c(-c3ccccc3)c2-c2ccccc2)c1. The second-order valence-corrected chi connectivity index (χ2v) is 23.9. The third-order valence-electron chi connectivity index (χ3n) is 17.4. The molecule has 1 aliphatic rings. The highest BCUT2D eigenvalue weighted by molar-refractivity contribution is 7.14. The van der Waals surface area contributed by atoms with Crippen molar-refractivity contribution in [2.45, 2.75) is 26.2 Å². The maximum absolute atomic E-state index is 2.67. The molecule has 0 atom stereocenters. The molecule has 0 spiro atoms. The van der Waals surface area contributed by atoms with Crippen LogP contribution in [0.25, 0.3) is 77.9 Å². The average Bonchev–Trinajstić information content (AvgIpc) is 0.881. The van der Waals surface area contributed by atoms with Crippen molar-refractivity contribution < 1.29 is 0 Å². The van der Waals surface area contributed by atoms with Crippen molar-refractivity contribution in [2.24, 2.45) is 0 Å². The Bertz CT molecular complexity index is 4270. The second-order valence-electron chi connectivity index (χ2n) is 23.9. The molecule has 418 valence electrons. The maximum Gasteiger partial charge on any atom is 0.388 e. The molecule has 0 aliphatic carbocycles. The number of hydrogen-bond acceptors (Lipinski definition) is 3. The molecule has 0 N–H and O–H groups in total. The minimum absolute atomic E-state index is 0.236. The van der Waals surface area contributed by atoms with Gasteiger partial charge in [0.25, 0.3) is 0 Å². The third-order valence-corrected chi connectivity index (χ3v) is 17.4. The van der Waals surface area contributed by atoms with Crippen LogP contribution in [0.5, 0.6) is 0 Å². The van der Waals surface area contributed by atoms with Gasteiger partial charge in [-0.05, 0) is 148 Å². The largest absolute Gasteiger partial charge is 0.416 e. The van der Waals surface area contributed by atoms with E-state index < -0.39 is 0 Å². The van der Waals surface area contributed by atoms with Crippen molar-refractivity contribution in [3.63, 3.8) is 0 Å². The summed E-state index contributed by atoms with van der Waals surface area (Å²) in [4.78, 5) is 0. The highest BCUT2D eigenvalue weighted by atomic mass is 15.3. The van der Waals surface area contributed by atoms with Crippen LogP contribution in [0.4, 0.5) is 17.1 Å². The molecular weight excluding hydrogens is 1060 g/mol. The van der Waals surface area contributed by atoms with E-state index in [4.69, 9.17) is 0 Å². The Morgan fingerprint density at radius 1 is 0.216 bits per heavy atom.